The van der Waals surface area contributed by atoms with Crippen molar-refractivity contribution in [2.75, 3.05) is 27.4 Å². The second kappa shape index (κ2) is 9.26. The van der Waals surface area contributed by atoms with Gasteiger partial charge in [-0.2, -0.15) is 4.98 Å². The van der Waals surface area contributed by atoms with Crippen LogP contribution in [-0.4, -0.2) is 47.0 Å². The van der Waals surface area contributed by atoms with Crippen LogP contribution in [0.15, 0.2) is 47.7 Å². The summed E-state index contributed by atoms with van der Waals surface area (Å²) in [6.45, 7) is 3.31. The molecule has 8 heteroatoms. The third-order valence-electron chi connectivity index (χ3n) is 5.44. The summed E-state index contributed by atoms with van der Waals surface area (Å²) in [6, 6.07) is 7.25. The Morgan fingerprint density at radius 1 is 1.13 bits per heavy atom. The SMILES string of the molecule is COCCn1cc(-c2cnc(C)nc2OC[C@H]2C[C@@H]2c2ccc(OC)cn2)ccc1=O. The molecule has 1 aliphatic carbocycles. The Balaban J connectivity index is 1.48. The van der Waals surface area contributed by atoms with Gasteiger partial charge in [0.15, 0.2) is 0 Å². The van der Waals surface area contributed by atoms with E-state index in [0.29, 0.717) is 43.3 Å². The Morgan fingerprint density at radius 2 is 2.00 bits per heavy atom. The second-order valence-corrected chi connectivity index (χ2v) is 7.61. The summed E-state index contributed by atoms with van der Waals surface area (Å²) in [5.74, 6) is 2.69. The predicted octanol–water partition coefficient (Wildman–Crippen LogP) is 2.85. The molecule has 31 heavy (non-hydrogen) atoms. The molecule has 3 heterocycles. The zero-order chi connectivity index (χ0) is 21.8. The Labute approximate surface area is 180 Å². The van der Waals surface area contributed by atoms with Crippen LogP contribution in [-0.2, 0) is 11.3 Å². The predicted molar refractivity (Wildman–Crippen MR) is 115 cm³/mol. The first kappa shape index (κ1) is 21.0. The van der Waals surface area contributed by atoms with Crippen molar-refractivity contribution in [2.45, 2.75) is 25.8 Å². The van der Waals surface area contributed by atoms with Crippen molar-refractivity contribution in [2.24, 2.45) is 5.92 Å². The Morgan fingerprint density at radius 3 is 2.74 bits per heavy atom. The van der Waals surface area contributed by atoms with Crippen LogP contribution < -0.4 is 15.0 Å². The standard InChI is InChI=1S/C23H26N4O4/c1-15-24-12-20(16-4-7-22(28)27(13-16)8-9-29-2)23(26-15)31-14-17-10-19(17)21-6-5-18(30-3)11-25-21/h4-7,11-13,17,19H,8-10,14H2,1-3H3/t17-,19+/m1/s1. The van der Waals surface area contributed by atoms with E-state index < -0.39 is 0 Å². The van der Waals surface area contributed by atoms with Gasteiger partial charge in [0.25, 0.3) is 5.56 Å². The highest BCUT2D eigenvalue weighted by Crippen LogP contribution is 2.47. The molecule has 0 saturated heterocycles. The van der Waals surface area contributed by atoms with Crippen molar-refractivity contribution in [1.29, 1.82) is 0 Å². The molecule has 3 aromatic heterocycles. The Hall–Kier alpha value is -3.26. The van der Waals surface area contributed by atoms with Crippen molar-refractivity contribution in [3.8, 4) is 22.8 Å². The number of aryl methyl sites for hydroxylation is 1. The maximum absolute atomic E-state index is 12.1. The molecule has 1 fully saturated rings. The third-order valence-corrected chi connectivity index (χ3v) is 5.44. The van der Waals surface area contributed by atoms with Gasteiger partial charge in [-0.15, -0.1) is 0 Å². The first-order valence-electron chi connectivity index (χ1n) is 10.2. The lowest BCUT2D eigenvalue weighted by atomic mass is 10.1. The van der Waals surface area contributed by atoms with E-state index in [9.17, 15) is 4.79 Å². The summed E-state index contributed by atoms with van der Waals surface area (Å²) in [5, 5.41) is 0. The number of methoxy groups -OCH3 is 2. The van der Waals surface area contributed by atoms with E-state index >= 15 is 0 Å². The molecule has 0 amide bonds. The van der Waals surface area contributed by atoms with Crippen molar-refractivity contribution in [3.05, 3.63) is 64.7 Å². The minimum atomic E-state index is -0.0795. The molecular weight excluding hydrogens is 396 g/mol. The molecule has 0 aromatic carbocycles. The molecule has 0 bridgehead atoms. The summed E-state index contributed by atoms with van der Waals surface area (Å²) in [4.78, 5) is 25.4. The highest BCUT2D eigenvalue weighted by molar-refractivity contribution is 5.66. The number of rotatable bonds is 9. The first-order chi connectivity index (χ1) is 15.1. The van der Waals surface area contributed by atoms with Crippen LogP contribution in [0.1, 0.15) is 23.9 Å². The summed E-state index contributed by atoms with van der Waals surface area (Å²) in [5.41, 5.74) is 2.56. The number of aromatic nitrogens is 4. The van der Waals surface area contributed by atoms with Crippen LogP contribution in [0.25, 0.3) is 11.1 Å². The van der Waals surface area contributed by atoms with Crippen LogP contribution >= 0.6 is 0 Å². The minimum absolute atomic E-state index is 0.0795. The van der Waals surface area contributed by atoms with Gasteiger partial charge in [0.05, 0.1) is 32.1 Å². The molecule has 1 saturated carbocycles. The van der Waals surface area contributed by atoms with Gasteiger partial charge in [0, 0.05) is 55.2 Å². The zero-order valence-electron chi connectivity index (χ0n) is 17.9. The second-order valence-electron chi connectivity index (χ2n) is 7.61. The summed E-state index contributed by atoms with van der Waals surface area (Å²) < 4.78 is 18.0. The molecule has 0 aliphatic heterocycles. The monoisotopic (exact) mass is 422 g/mol. The Bertz CT molecular complexity index is 1100. The van der Waals surface area contributed by atoms with Gasteiger partial charge >= 0.3 is 0 Å². The molecule has 0 unspecified atom stereocenters. The molecule has 0 spiro atoms. The number of nitrogens with zero attached hydrogens (tertiary/aromatic N) is 4. The largest absolute Gasteiger partial charge is 0.495 e. The summed E-state index contributed by atoms with van der Waals surface area (Å²) in [7, 11) is 3.25. The molecule has 4 rings (SSSR count). The lowest BCUT2D eigenvalue weighted by Gasteiger charge is -2.12. The van der Waals surface area contributed by atoms with E-state index in [1.807, 2.05) is 19.1 Å². The number of ether oxygens (including phenoxy) is 3. The Kier molecular flexibility index (Phi) is 6.27. The molecule has 8 nitrogen and oxygen atoms in total. The number of hydrogen-bond donors (Lipinski definition) is 0. The van der Waals surface area contributed by atoms with Crippen molar-refractivity contribution in [1.82, 2.24) is 19.5 Å². The van der Waals surface area contributed by atoms with Crippen molar-refractivity contribution < 1.29 is 14.2 Å². The van der Waals surface area contributed by atoms with Gasteiger partial charge in [-0.1, -0.05) is 0 Å². The van der Waals surface area contributed by atoms with Crippen molar-refractivity contribution >= 4 is 0 Å². The third kappa shape index (κ3) is 4.91. The number of hydrogen-bond acceptors (Lipinski definition) is 7. The fraction of sp³-hybridized carbons (Fsp3) is 0.391. The summed E-state index contributed by atoms with van der Waals surface area (Å²) in [6.07, 6.45) is 6.31. The topological polar surface area (TPSA) is 88.4 Å². The van der Waals surface area contributed by atoms with E-state index in [-0.39, 0.29) is 5.56 Å². The average Bonchev–Trinajstić information content (AvgIpc) is 3.57. The van der Waals surface area contributed by atoms with Crippen LogP contribution in [0.2, 0.25) is 0 Å². The smallest absolute Gasteiger partial charge is 0.250 e. The van der Waals surface area contributed by atoms with E-state index in [1.54, 1.807) is 49.5 Å². The molecule has 1 aliphatic rings. The molecular formula is C23H26N4O4. The van der Waals surface area contributed by atoms with Gasteiger partial charge in [0.2, 0.25) is 5.88 Å². The highest BCUT2D eigenvalue weighted by Gasteiger charge is 2.40. The van der Waals surface area contributed by atoms with Gasteiger partial charge in [-0.3, -0.25) is 9.78 Å². The molecule has 2 atom stereocenters. The maximum Gasteiger partial charge on any atom is 0.250 e. The first-order valence-corrected chi connectivity index (χ1v) is 10.2. The maximum atomic E-state index is 12.1. The molecule has 162 valence electrons. The lowest BCUT2D eigenvalue weighted by molar-refractivity contribution is 0.186. The molecule has 3 aromatic rings. The van der Waals surface area contributed by atoms with Gasteiger partial charge in [-0.25, -0.2) is 4.98 Å². The van der Waals surface area contributed by atoms with Crippen LogP contribution in [0, 0.1) is 12.8 Å². The highest BCUT2D eigenvalue weighted by atomic mass is 16.5. The van der Waals surface area contributed by atoms with Gasteiger partial charge in [-0.05, 0) is 31.5 Å². The van der Waals surface area contributed by atoms with E-state index in [1.165, 1.54) is 0 Å². The van der Waals surface area contributed by atoms with E-state index in [2.05, 4.69) is 15.0 Å². The minimum Gasteiger partial charge on any atom is -0.495 e. The quantitative estimate of drug-likeness (QED) is 0.524. The molecule has 0 radical (unpaired) electrons. The summed E-state index contributed by atoms with van der Waals surface area (Å²) >= 11 is 0. The normalized spacial score (nSPS) is 17.4. The number of pyridine rings is 2. The van der Waals surface area contributed by atoms with Crippen molar-refractivity contribution in [3.63, 3.8) is 0 Å². The fourth-order valence-electron chi connectivity index (χ4n) is 3.52. The fourth-order valence-corrected chi connectivity index (χ4v) is 3.52. The lowest BCUT2D eigenvalue weighted by Crippen LogP contribution is -2.20. The van der Waals surface area contributed by atoms with Crippen LogP contribution in [0.5, 0.6) is 11.6 Å². The van der Waals surface area contributed by atoms with Gasteiger partial charge < -0.3 is 18.8 Å². The van der Waals surface area contributed by atoms with E-state index in [4.69, 9.17) is 14.2 Å². The average molecular weight is 422 g/mol. The van der Waals surface area contributed by atoms with Gasteiger partial charge in [0.1, 0.15) is 11.6 Å². The van der Waals surface area contributed by atoms with E-state index in [0.717, 1.165) is 29.0 Å². The zero-order valence-corrected chi connectivity index (χ0v) is 17.9. The molecule has 0 N–H and O–H groups in total. The van der Waals surface area contributed by atoms with Crippen LogP contribution in [0.3, 0.4) is 0 Å². The van der Waals surface area contributed by atoms with Crippen LogP contribution in [0.4, 0.5) is 0 Å².